The number of benzene rings is 1. The van der Waals surface area contributed by atoms with Gasteiger partial charge in [-0.3, -0.25) is 0 Å². The van der Waals surface area contributed by atoms with E-state index >= 15 is 0 Å². The van der Waals surface area contributed by atoms with Gasteiger partial charge in [0.25, 0.3) is 0 Å². The Labute approximate surface area is 102 Å². The molecular weight excluding hydrogens is 367 g/mol. The molecule has 0 amide bonds. The minimum absolute atomic E-state index is 1.06. The highest BCUT2D eigenvalue weighted by atomic mass is 127. The molecule has 0 fully saturated rings. The summed E-state index contributed by atoms with van der Waals surface area (Å²) in [7, 11) is 0. The highest BCUT2D eigenvalue weighted by Gasteiger charge is 2.08. The van der Waals surface area contributed by atoms with Crippen LogP contribution in [0.4, 0.5) is 0 Å². The molecule has 0 aliphatic heterocycles. The van der Waals surface area contributed by atoms with E-state index in [0.29, 0.717) is 0 Å². The van der Waals surface area contributed by atoms with Crippen molar-refractivity contribution in [3.05, 3.63) is 25.6 Å². The Balaban J connectivity index is 2.95. The number of thiophene rings is 1. The summed E-state index contributed by atoms with van der Waals surface area (Å²) in [5.41, 5.74) is 0. The van der Waals surface area contributed by atoms with Crippen LogP contribution in [-0.4, -0.2) is 0 Å². The molecule has 0 unspecified atom stereocenters. The highest BCUT2D eigenvalue weighted by Crippen LogP contribution is 2.38. The van der Waals surface area contributed by atoms with E-state index in [9.17, 15) is 0 Å². The van der Waals surface area contributed by atoms with E-state index in [1.165, 1.54) is 17.4 Å². The summed E-state index contributed by atoms with van der Waals surface area (Å²) in [6.45, 7) is 0. The zero-order valence-corrected chi connectivity index (χ0v) is 11.3. The van der Waals surface area contributed by atoms with E-state index in [-0.39, 0.29) is 0 Å². The van der Waals surface area contributed by atoms with Crippen molar-refractivity contribution in [3.8, 4) is 0 Å². The van der Waals surface area contributed by atoms with Crippen LogP contribution in [-0.2, 0) is 0 Å². The molecule has 1 aromatic carbocycles. The van der Waals surface area contributed by atoms with Gasteiger partial charge in [-0.25, -0.2) is 0 Å². The molecule has 0 aliphatic carbocycles. The average molecular weight is 371 g/mol. The van der Waals surface area contributed by atoms with Crippen LogP contribution in [0.2, 0.25) is 0 Å². The minimum Gasteiger partial charge on any atom is -0.142 e. The summed E-state index contributed by atoms with van der Waals surface area (Å²) in [5.74, 6) is 0. The van der Waals surface area contributed by atoms with Crippen molar-refractivity contribution in [3.63, 3.8) is 0 Å². The number of thiol groups is 1. The van der Waals surface area contributed by atoms with Crippen LogP contribution in [0.25, 0.3) is 10.1 Å². The molecule has 4 heteroatoms. The Morgan fingerprint density at radius 3 is 2.83 bits per heavy atom. The molecule has 1 heterocycles. The largest absolute Gasteiger partial charge is 0.142 e. The van der Waals surface area contributed by atoms with Crippen LogP contribution < -0.4 is 0 Å². The van der Waals surface area contributed by atoms with E-state index in [0.717, 1.165) is 4.90 Å². The molecule has 62 valence electrons. The molecule has 0 nitrogen and oxygen atoms in total. The molecule has 0 saturated heterocycles. The fraction of sp³-hybridized carbons (Fsp3) is 0. The van der Waals surface area contributed by atoms with Gasteiger partial charge in [0.15, 0.2) is 0 Å². The van der Waals surface area contributed by atoms with Gasteiger partial charge in [-0.2, -0.15) is 0 Å². The fourth-order valence-corrected chi connectivity index (χ4v) is 3.88. The molecule has 1 aromatic heterocycles. The first kappa shape index (κ1) is 9.30. The number of hydrogen-bond donors (Lipinski definition) is 1. The van der Waals surface area contributed by atoms with Gasteiger partial charge in [0, 0.05) is 18.6 Å². The van der Waals surface area contributed by atoms with Crippen molar-refractivity contribution in [1.82, 2.24) is 0 Å². The van der Waals surface area contributed by atoms with Crippen LogP contribution in [0.1, 0.15) is 0 Å². The second kappa shape index (κ2) is 3.48. The lowest BCUT2D eigenvalue weighted by molar-refractivity contribution is 1.60. The quantitative estimate of drug-likeness (QED) is 0.510. The number of halogens is 2. The van der Waals surface area contributed by atoms with Gasteiger partial charge in [0.2, 0.25) is 0 Å². The predicted octanol–water partition coefficient (Wildman–Crippen LogP) is 4.56. The van der Waals surface area contributed by atoms with Crippen LogP contribution >= 0.6 is 62.5 Å². The van der Waals surface area contributed by atoms with Crippen molar-refractivity contribution < 1.29 is 0 Å². The summed E-state index contributed by atoms with van der Waals surface area (Å²) in [6, 6.07) is 6.18. The molecule has 0 radical (unpaired) electrons. The first-order valence-corrected chi connectivity index (χ1v) is 6.39. The lowest BCUT2D eigenvalue weighted by Gasteiger charge is -1.92. The second-order valence-corrected chi connectivity index (χ2v) is 6.24. The van der Waals surface area contributed by atoms with Gasteiger partial charge in [-0.05, 0) is 44.6 Å². The third-order valence-corrected chi connectivity index (χ3v) is 6.26. The van der Waals surface area contributed by atoms with Gasteiger partial charge in [0.05, 0.1) is 3.79 Å². The minimum atomic E-state index is 1.06. The van der Waals surface area contributed by atoms with Crippen LogP contribution in [0, 0.1) is 3.57 Å². The van der Waals surface area contributed by atoms with E-state index in [2.05, 4.69) is 57.2 Å². The Bertz CT molecular complexity index is 436. The topological polar surface area (TPSA) is 0 Å². The summed E-state index contributed by atoms with van der Waals surface area (Å²) in [4.78, 5) is 1.06. The molecule has 0 saturated carbocycles. The maximum Gasteiger partial charge on any atom is 0.0844 e. The number of fused-ring (bicyclic) bond motifs is 1. The van der Waals surface area contributed by atoms with E-state index < -0.39 is 0 Å². The van der Waals surface area contributed by atoms with Crippen LogP contribution in [0.3, 0.4) is 0 Å². The fourth-order valence-electron chi connectivity index (χ4n) is 1.05. The lowest BCUT2D eigenvalue weighted by atomic mass is 10.3. The van der Waals surface area contributed by atoms with Gasteiger partial charge in [-0.15, -0.1) is 24.0 Å². The SMILES string of the molecule is Sc1cccc2c(I)c(Br)sc12. The van der Waals surface area contributed by atoms with Crippen molar-refractivity contribution in [1.29, 1.82) is 0 Å². The third kappa shape index (κ3) is 1.42. The molecule has 2 aromatic rings. The number of rotatable bonds is 0. The van der Waals surface area contributed by atoms with Crippen molar-refractivity contribution in [2.24, 2.45) is 0 Å². The van der Waals surface area contributed by atoms with E-state index in [1.807, 2.05) is 12.1 Å². The molecule has 0 aliphatic rings. The van der Waals surface area contributed by atoms with E-state index in [4.69, 9.17) is 0 Å². The molecule has 0 N–H and O–H groups in total. The summed E-state index contributed by atoms with van der Waals surface area (Å²) < 4.78 is 3.74. The molecule has 12 heavy (non-hydrogen) atoms. The van der Waals surface area contributed by atoms with Crippen LogP contribution in [0.15, 0.2) is 26.9 Å². The highest BCUT2D eigenvalue weighted by molar-refractivity contribution is 14.1. The maximum absolute atomic E-state index is 4.40. The van der Waals surface area contributed by atoms with Crippen LogP contribution in [0.5, 0.6) is 0 Å². The first-order valence-electron chi connectivity index (χ1n) is 3.25. The normalized spacial score (nSPS) is 10.9. The maximum atomic E-state index is 4.40. The lowest BCUT2D eigenvalue weighted by Crippen LogP contribution is -1.68. The standard InChI is InChI=1S/C8H4BrIS2/c9-8-6(10)4-2-1-3-5(11)7(4)12-8/h1-3,11H. The predicted molar refractivity (Wildman–Crippen MR) is 69.5 cm³/mol. The Hall–Kier alpha value is 0.740. The summed E-state index contributed by atoms with van der Waals surface area (Å²) in [6.07, 6.45) is 0. The van der Waals surface area contributed by atoms with Gasteiger partial charge in [-0.1, -0.05) is 12.1 Å². The summed E-state index contributed by atoms with van der Waals surface area (Å²) >= 11 is 12.0. The van der Waals surface area contributed by atoms with Crippen molar-refractivity contribution in [2.75, 3.05) is 0 Å². The Morgan fingerprint density at radius 1 is 1.42 bits per heavy atom. The smallest absolute Gasteiger partial charge is 0.0844 e. The molecular formula is C8H4BrIS2. The Kier molecular flexibility index (Phi) is 2.69. The van der Waals surface area contributed by atoms with Crippen molar-refractivity contribution >= 4 is 72.6 Å². The summed E-state index contributed by atoms with van der Waals surface area (Å²) in [5, 5.41) is 1.29. The monoisotopic (exact) mass is 370 g/mol. The second-order valence-electron chi connectivity index (χ2n) is 2.34. The van der Waals surface area contributed by atoms with Gasteiger partial charge in [0.1, 0.15) is 0 Å². The van der Waals surface area contributed by atoms with Gasteiger partial charge >= 0.3 is 0 Å². The molecule has 0 atom stereocenters. The zero-order valence-electron chi connectivity index (χ0n) is 5.84. The Morgan fingerprint density at radius 2 is 2.17 bits per heavy atom. The first-order chi connectivity index (χ1) is 5.70. The van der Waals surface area contributed by atoms with E-state index in [1.54, 1.807) is 11.3 Å². The molecule has 2 rings (SSSR count). The zero-order chi connectivity index (χ0) is 8.72. The molecule has 0 spiro atoms. The molecule has 0 bridgehead atoms. The average Bonchev–Trinajstić information content (AvgIpc) is 2.32. The van der Waals surface area contributed by atoms with Gasteiger partial charge < -0.3 is 0 Å². The number of hydrogen-bond acceptors (Lipinski definition) is 2. The van der Waals surface area contributed by atoms with Crippen molar-refractivity contribution in [2.45, 2.75) is 4.90 Å². The third-order valence-electron chi connectivity index (χ3n) is 1.59.